The zero-order valence-corrected chi connectivity index (χ0v) is 11.3. The number of aliphatic carboxylic acids is 1. The summed E-state index contributed by atoms with van der Waals surface area (Å²) in [5.41, 5.74) is -0.660. The van der Waals surface area contributed by atoms with Crippen LogP contribution in [0.15, 0.2) is 0 Å². The molecular formula is C13H26N2O2. The van der Waals surface area contributed by atoms with E-state index < -0.39 is 11.4 Å². The van der Waals surface area contributed by atoms with Crippen molar-refractivity contribution >= 4 is 5.97 Å². The van der Waals surface area contributed by atoms with Gasteiger partial charge in [-0.1, -0.05) is 0 Å². The molecule has 100 valence electrons. The summed E-state index contributed by atoms with van der Waals surface area (Å²) < 4.78 is 0. The lowest BCUT2D eigenvalue weighted by molar-refractivity contribution is -0.146. The van der Waals surface area contributed by atoms with E-state index in [4.69, 9.17) is 5.11 Å². The van der Waals surface area contributed by atoms with Crippen molar-refractivity contribution in [3.05, 3.63) is 0 Å². The van der Waals surface area contributed by atoms with Crippen molar-refractivity contribution in [3.8, 4) is 0 Å². The van der Waals surface area contributed by atoms with Crippen LogP contribution in [0.4, 0.5) is 0 Å². The topological polar surface area (TPSA) is 52.6 Å². The number of nitrogens with one attached hydrogen (secondary N) is 1. The Hall–Kier alpha value is -0.610. The molecule has 0 aromatic rings. The minimum Gasteiger partial charge on any atom is -0.481 e. The van der Waals surface area contributed by atoms with E-state index in [0.717, 1.165) is 12.5 Å². The van der Waals surface area contributed by atoms with E-state index in [-0.39, 0.29) is 0 Å². The quantitative estimate of drug-likeness (QED) is 0.692. The Bertz CT molecular complexity index is 246. The molecule has 0 spiro atoms. The van der Waals surface area contributed by atoms with Gasteiger partial charge in [0.1, 0.15) is 0 Å². The van der Waals surface area contributed by atoms with Crippen LogP contribution < -0.4 is 5.32 Å². The summed E-state index contributed by atoms with van der Waals surface area (Å²) in [4.78, 5) is 13.3. The van der Waals surface area contributed by atoms with Gasteiger partial charge in [-0.2, -0.15) is 0 Å². The molecular weight excluding hydrogens is 216 g/mol. The molecule has 0 amide bonds. The van der Waals surface area contributed by atoms with E-state index >= 15 is 0 Å². The second kappa shape index (κ2) is 6.36. The zero-order valence-electron chi connectivity index (χ0n) is 11.3. The number of hydrogen-bond donors (Lipinski definition) is 2. The molecule has 1 heterocycles. The molecule has 1 aliphatic heterocycles. The fourth-order valence-electron chi connectivity index (χ4n) is 2.13. The van der Waals surface area contributed by atoms with Crippen LogP contribution >= 0.6 is 0 Å². The lowest BCUT2D eigenvalue weighted by Crippen LogP contribution is -2.37. The van der Waals surface area contributed by atoms with Crippen molar-refractivity contribution < 1.29 is 9.90 Å². The van der Waals surface area contributed by atoms with Gasteiger partial charge in [0.15, 0.2) is 0 Å². The van der Waals surface area contributed by atoms with Gasteiger partial charge in [-0.05, 0) is 65.7 Å². The molecule has 2 N–H and O–H groups in total. The Morgan fingerprint density at radius 3 is 2.53 bits per heavy atom. The Kier molecular flexibility index (Phi) is 5.40. The minimum atomic E-state index is -0.732. The summed E-state index contributed by atoms with van der Waals surface area (Å²) in [7, 11) is 2.17. The van der Waals surface area contributed by atoms with Gasteiger partial charge in [-0.25, -0.2) is 0 Å². The molecule has 0 aromatic heterocycles. The summed E-state index contributed by atoms with van der Waals surface area (Å²) in [6, 6.07) is 0. The third-order valence-corrected chi connectivity index (χ3v) is 3.71. The lowest BCUT2D eigenvalue weighted by Gasteiger charge is -2.29. The molecule has 0 radical (unpaired) electrons. The smallest absolute Gasteiger partial charge is 0.310 e. The van der Waals surface area contributed by atoms with Crippen LogP contribution in [-0.2, 0) is 4.79 Å². The zero-order chi connectivity index (χ0) is 12.9. The van der Waals surface area contributed by atoms with Crippen molar-refractivity contribution in [2.75, 3.05) is 33.2 Å². The maximum atomic E-state index is 10.9. The summed E-state index contributed by atoms with van der Waals surface area (Å²) in [6.07, 6.45) is 3.73. The average molecular weight is 242 g/mol. The summed E-state index contributed by atoms with van der Waals surface area (Å²) in [6.45, 7) is 7.41. The van der Waals surface area contributed by atoms with Gasteiger partial charge in [0.05, 0.1) is 5.41 Å². The molecule has 0 atom stereocenters. The second-order valence-electron chi connectivity index (χ2n) is 5.90. The van der Waals surface area contributed by atoms with Crippen molar-refractivity contribution in [2.24, 2.45) is 11.3 Å². The third kappa shape index (κ3) is 5.04. The Morgan fingerprint density at radius 2 is 2.00 bits per heavy atom. The average Bonchev–Trinajstić information content (AvgIpc) is 2.26. The molecule has 1 fully saturated rings. The molecule has 0 aliphatic carbocycles. The molecule has 0 saturated carbocycles. The van der Waals surface area contributed by atoms with Crippen molar-refractivity contribution in [1.82, 2.24) is 10.2 Å². The molecule has 1 aliphatic rings. The number of hydrogen-bond acceptors (Lipinski definition) is 3. The van der Waals surface area contributed by atoms with E-state index in [0.29, 0.717) is 6.54 Å². The van der Waals surface area contributed by atoms with Crippen LogP contribution in [-0.4, -0.2) is 49.2 Å². The fourth-order valence-corrected chi connectivity index (χ4v) is 2.13. The van der Waals surface area contributed by atoms with Gasteiger partial charge in [-0.3, -0.25) is 4.79 Å². The first-order valence-electron chi connectivity index (χ1n) is 6.54. The van der Waals surface area contributed by atoms with Crippen molar-refractivity contribution in [3.63, 3.8) is 0 Å². The molecule has 0 bridgehead atoms. The highest BCUT2D eigenvalue weighted by Gasteiger charge is 2.26. The van der Waals surface area contributed by atoms with Gasteiger partial charge >= 0.3 is 5.97 Å². The van der Waals surface area contributed by atoms with Crippen molar-refractivity contribution in [2.45, 2.75) is 33.1 Å². The predicted molar refractivity (Wildman–Crippen MR) is 69.1 cm³/mol. The largest absolute Gasteiger partial charge is 0.481 e. The normalized spacial score (nSPS) is 19.5. The second-order valence-corrected chi connectivity index (χ2v) is 5.90. The lowest BCUT2D eigenvalue weighted by atomic mass is 9.92. The molecule has 4 heteroatoms. The summed E-state index contributed by atoms with van der Waals surface area (Å²) in [5.74, 6) is 0.0796. The Labute approximate surface area is 104 Å². The first-order chi connectivity index (χ1) is 7.92. The third-order valence-electron chi connectivity index (χ3n) is 3.71. The maximum Gasteiger partial charge on any atom is 0.310 e. The van der Waals surface area contributed by atoms with Crippen LogP contribution in [0, 0.1) is 11.3 Å². The van der Waals surface area contributed by atoms with Crippen LogP contribution in [0.3, 0.4) is 0 Å². The van der Waals surface area contributed by atoms with E-state index in [2.05, 4.69) is 17.3 Å². The van der Waals surface area contributed by atoms with Crippen LogP contribution in [0.1, 0.15) is 33.1 Å². The molecule has 4 nitrogen and oxygen atoms in total. The fraction of sp³-hybridized carbons (Fsp3) is 0.923. The number of carbonyl (C=O) groups is 1. The molecule has 17 heavy (non-hydrogen) atoms. The predicted octanol–water partition coefficient (Wildman–Crippen LogP) is 1.42. The Morgan fingerprint density at radius 1 is 1.41 bits per heavy atom. The summed E-state index contributed by atoms with van der Waals surface area (Å²) in [5, 5.41) is 12.2. The van der Waals surface area contributed by atoms with E-state index in [9.17, 15) is 4.79 Å². The van der Waals surface area contributed by atoms with Crippen LogP contribution in [0.5, 0.6) is 0 Å². The molecule has 0 unspecified atom stereocenters. The van der Waals surface area contributed by atoms with E-state index in [1.807, 2.05) is 0 Å². The van der Waals surface area contributed by atoms with Crippen LogP contribution in [0.2, 0.25) is 0 Å². The standard InChI is InChI=1S/C13H26N2O2/c1-13(2,12(16)17)10-14-7-4-11-5-8-15(3)9-6-11/h11,14H,4-10H2,1-3H3,(H,16,17). The SMILES string of the molecule is CN1CCC(CCNCC(C)(C)C(=O)O)CC1. The highest BCUT2D eigenvalue weighted by Crippen LogP contribution is 2.19. The number of likely N-dealkylation sites (tertiary alicyclic amines) is 1. The molecule has 0 aromatic carbocycles. The van der Waals surface area contributed by atoms with Gasteiger partial charge in [0.25, 0.3) is 0 Å². The number of carboxylic acid groups (broad SMARTS) is 1. The Balaban J connectivity index is 2.10. The molecule has 1 rings (SSSR count). The number of nitrogens with zero attached hydrogens (tertiary/aromatic N) is 1. The monoisotopic (exact) mass is 242 g/mol. The van der Waals surface area contributed by atoms with Crippen molar-refractivity contribution in [1.29, 1.82) is 0 Å². The van der Waals surface area contributed by atoms with Crippen LogP contribution in [0.25, 0.3) is 0 Å². The molecule has 1 saturated heterocycles. The van der Waals surface area contributed by atoms with Gasteiger partial charge < -0.3 is 15.3 Å². The van der Waals surface area contributed by atoms with Gasteiger partial charge in [0, 0.05) is 6.54 Å². The first kappa shape index (κ1) is 14.5. The van der Waals surface area contributed by atoms with E-state index in [1.165, 1.54) is 32.4 Å². The van der Waals surface area contributed by atoms with Gasteiger partial charge in [-0.15, -0.1) is 0 Å². The number of carboxylic acids is 1. The highest BCUT2D eigenvalue weighted by atomic mass is 16.4. The first-order valence-corrected chi connectivity index (χ1v) is 6.54. The number of rotatable bonds is 6. The minimum absolute atomic E-state index is 0.551. The maximum absolute atomic E-state index is 10.9. The van der Waals surface area contributed by atoms with Gasteiger partial charge in [0.2, 0.25) is 0 Å². The number of piperidine rings is 1. The highest BCUT2D eigenvalue weighted by molar-refractivity contribution is 5.73. The summed E-state index contributed by atoms with van der Waals surface area (Å²) >= 11 is 0. The van der Waals surface area contributed by atoms with E-state index in [1.54, 1.807) is 13.8 Å².